The maximum Gasteiger partial charge on any atom is 0.410 e. The molecule has 0 radical (unpaired) electrons. The standard InChI is InChI=1S/C13H23NO2/c1-8-6-10-7-11(8)9(2)14(10)12(15)16-13(3,4)5/h8-11H,6-7H2,1-5H3/t8-,9-,10-,11-/m1/s1. The van der Waals surface area contributed by atoms with Gasteiger partial charge in [-0.15, -0.1) is 0 Å². The topological polar surface area (TPSA) is 29.5 Å². The molecule has 1 aliphatic heterocycles. The molecule has 2 bridgehead atoms. The zero-order chi connectivity index (χ0) is 12.1. The Balaban J connectivity index is 2.04. The van der Waals surface area contributed by atoms with Crippen molar-refractivity contribution in [3.05, 3.63) is 0 Å². The number of amides is 1. The minimum Gasteiger partial charge on any atom is -0.444 e. The quantitative estimate of drug-likeness (QED) is 0.634. The van der Waals surface area contributed by atoms with Crippen molar-refractivity contribution in [3.63, 3.8) is 0 Å². The first kappa shape index (κ1) is 11.7. The van der Waals surface area contributed by atoms with Crippen molar-refractivity contribution < 1.29 is 9.53 Å². The molecule has 2 rings (SSSR count). The molecule has 92 valence electrons. The third-order valence-corrected chi connectivity index (χ3v) is 3.98. The van der Waals surface area contributed by atoms with E-state index < -0.39 is 0 Å². The Morgan fingerprint density at radius 2 is 1.88 bits per heavy atom. The van der Waals surface area contributed by atoms with Gasteiger partial charge in [0.2, 0.25) is 0 Å². The first-order chi connectivity index (χ1) is 7.29. The van der Waals surface area contributed by atoms with Gasteiger partial charge in [-0.05, 0) is 52.4 Å². The van der Waals surface area contributed by atoms with E-state index in [9.17, 15) is 4.79 Å². The number of fused-ring (bicyclic) bond motifs is 2. The lowest BCUT2D eigenvalue weighted by molar-refractivity contribution is 0.00578. The highest BCUT2D eigenvalue weighted by Gasteiger charge is 2.50. The molecule has 0 N–H and O–H groups in total. The molecule has 0 aromatic carbocycles. The number of ether oxygens (including phenoxy) is 1. The normalized spacial score (nSPS) is 37.9. The molecule has 1 heterocycles. The maximum absolute atomic E-state index is 12.1. The molecule has 0 spiro atoms. The number of nitrogens with zero attached hydrogens (tertiary/aromatic N) is 1. The summed E-state index contributed by atoms with van der Waals surface area (Å²) in [4.78, 5) is 14.0. The molecule has 1 aliphatic carbocycles. The van der Waals surface area contributed by atoms with Gasteiger partial charge in [-0.3, -0.25) is 0 Å². The van der Waals surface area contributed by atoms with Gasteiger partial charge in [0.1, 0.15) is 5.60 Å². The molecule has 2 aliphatic rings. The number of rotatable bonds is 0. The summed E-state index contributed by atoms with van der Waals surface area (Å²) in [5.41, 5.74) is -0.385. The fourth-order valence-corrected chi connectivity index (χ4v) is 3.31. The monoisotopic (exact) mass is 225 g/mol. The molecule has 4 atom stereocenters. The van der Waals surface area contributed by atoms with Crippen LogP contribution in [0.25, 0.3) is 0 Å². The van der Waals surface area contributed by atoms with Gasteiger partial charge in [0.25, 0.3) is 0 Å². The molecule has 0 aromatic rings. The largest absolute Gasteiger partial charge is 0.444 e. The third kappa shape index (κ3) is 1.92. The average molecular weight is 225 g/mol. The van der Waals surface area contributed by atoms with Crippen LogP contribution >= 0.6 is 0 Å². The van der Waals surface area contributed by atoms with Crippen LogP contribution in [0.5, 0.6) is 0 Å². The Hall–Kier alpha value is -0.730. The third-order valence-electron chi connectivity index (χ3n) is 3.98. The summed E-state index contributed by atoms with van der Waals surface area (Å²) < 4.78 is 5.47. The maximum atomic E-state index is 12.1. The zero-order valence-corrected chi connectivity index (χ0v) is 11.0. The minimum atomic E-state index is -0.385. The van der Waals surface area contributed by atoms with Crippen LogP contribution < -0.4 is 0 Å². The molecule has 3 nitrogen and oxygen atoms in total. The fourth-order valence-electron chi connectivity index (χ4n) is 3.31. The Kier molecular flexibility index (Phi) is 2.67. The Morgan fingerprint density at radius 3 is 2.31 bits per heavy atom. The second kappa shape index (κ2) is 3.64. The molecule has 2 fully saturated rings. The van der Waals surface area contributed by atoms with Gasteiger partial charge < -0.3 is 9.64 Å². The number of likely N-dealkylation sites (tertiary alicyclic amines) is 1. The van der Waals surface area contributed by atoms with Gasteiger partial charge in [-0.2, -0.15) is 0 Å². The molecule has 1 amide bonds. The van der Waals surface area contributed by atoms with Gasteiger partial charge in [-0.1, -0.05) is 6.92 Å². The summed E-state index contributed by atoms with van der Waals surface area (Å²) in [6.45, 7) is 10.2. The number of piperidine rings is 1. The van der Waals surface area contributed by atoms with Crippen LogP contribution in [-0.2, 0) is 4.74 Å². The van der Waals surface area contributed by atoms with Crippen LogP contribution in [0.2, 0.25) is 0 Å². The van der Waals surface area contributed by atoms with E-state index in [1.54, 1.807) is 0 Å². The van der Waals surface area contributed by atoms with Crippen LogP contribution in [-0.4, -0.2) is 28.7 Å². The number of carbonyl (C=O) groups excluding carboxylic acids is 1. The molecule has 3 heteroatoms. The second-order valence-corrected chi connectivity index (χ2v) is 6.39. The SMILES string of the molecule is C[C@@H]1C[C@@H]2C[C@H]1[C@@H](C)N2C(=O)OC(C)(C)C. The summed E-state index contributed by atoms with van der Waals surface area (Å²) in [6, 6.07) is 0.772. The summed E-state index contributed by atoms with van der Waals surface area (Å²) in [7, 11) is 0. The van der Waals surface area contributed by atoms with E-state index in [1.165, 1.54) is 6.42 Å². The number of carbonyl (C=O) groups is 1. The summed E-state index contributed by atoms with van der Waals surface area (Å²) in [5, 5.41) is 0. The fraction of sp³-hybridized carbons (Fsp3) is 0.923. The Labute approximate surface area is 98.1 Å². The van der Waals surface area contributed by atoms with Crippen molar-refractivity contribution in [2.75, 3.05) is 0 Å². The van der Waals surface area contributed by atoms with Gasteiger partial charge in [0.15, 0.2) is 0 Å². The molecule has 16 heavy (non-hydrogen) atoms. The summed E-state index contributed by atoms with van der Waals surface area (Å²) >= 11 is 0. The average Bonchev–Trinajstić information content (AvgIpc) is 2.56. The van der Waals surface area contributed by atoms with Crippen LogP contribution in [0, 0.1) is 11.8 Å². The molecular formula is C13H23NO2. The van der Waals surface area contributed by atoms with Crippen molar-refractivity contribution >= 4 is 6.09 Å². The number of hydrogen-bond acceptors (Lipinski definition) is 2. The van der Waals surface area contributed by atoms with E-state index in [-0.39, 0.29) is 11.7 Å². The Morgan fingerprint density at radius 1 is 1.25 bits per heavy atom. The van der Waals surface area contributed by atoms with Crippen molar-refractivity contribution in [2.45, 2.75) is 65.1 Å². The van der Waals surface area contributed by atoms with Crippen LogP contribution in [0.4, 0.5) is 4.79 Å². The predicted molar refractivity (Wildman–Crippen MR) is 63.2 cm³/mol. The molecular weight excluding hydrogens is 202 g/mol. The van der Waals surface area contributed by atoms with Crippen LogP contribution in [0.1, 0.15) is 47.5 Å². The molecule has 0 unspecified atom stereocenters. The predicted octanol–water partition coefficient (Wildman–Crippen LogP) is 3.04. The van der Waals surface area contributed by atoms with Gasteiger partial charge >= 0.3 is 6.09 Å². The lowest BCUT2D eigenvalue weighted by Gasteiger charge is -2.36. The second-order valence-electron chi connectivity index (χ2n) is 6.39. The minimum absolute atomic E-state index is 0.126. The first-order valence-electron chi connectivity index (χ1n) is 6.31. The summed E-state index contributed by atoms with van der Waals surface area (Å²) in [6.07, 6.45) is 2.19. The highest BCUT2D eigenvalue weighted by Crippen LogP contribution is 2.46. The highest BCUT2D eigenvalue weighted by molar-refractivity contribution is 5.69. The highest BCUT2D eigenvalue weighted by atomic mass is 16.6. The van der Waals surface area contributed by atoms with Crippen molar-refractivity contribution in [1.29, 1.82) is 0 Å². The molecule has 0 aromatic heterocycles. The summed E-state index contributed by atoms with van der Waals surface area (Å²) in [5.74, 6) is 1.44. The van der Waals surface area contributed by atoms with E-state index in [1.807, 2.05) is 25.7 Å². The van der Waals surface area contributed by atoms with Gasteiger partial charge in [0.05, 0.1) is 0 Å². The lowest BCUT2D eigenvalue weighted by Crippen LogP contribution is -2.47. The van der Waals surface area contributed by atoms with Crippen LogP contribution in [0.3, 0.4) is 0 Å². The van der Waals surface area contributed by atoms with E-state index in [0.29, 0.717) is 18.0 Å². The van der Waals surface area contributed by atoms with E-state index in [0.717, 1.165) is 12.3 Å². The Bertz CT molecular complexity index is 293. The van der Waals surface area contributed by atoms with E-state index in [4.69, 9.17) is 4.74 Å². The first-order valence-corrected chi connectivity index (χ1v) is 6.31. The molecule has 1 saturated carbocycles. The van der Waals surface area contributed by atoms with E-state index >= 15 is 0 Å². The smallest absolute Gasteiger partial charge is 0.410 e. The molecule has 1 saturated heterocycles. The number of hydrogen-bond donors (Lipinski definition) is 0. The zero-order valence-electron chi connectivity index (χ0n) is 11.0. The van der Waals surface area contributed by atoms with Crippen molar-refractivity contribution in [3.8, 4) is 0 Å². The van der Waals surface area contributed by atoms with Gasteiger partial charge in [-0.25, -0.2) is 4.79 Å². The van der Waals surface area contributed by atoms with Gasteiger partial charge in [0, 0.05) is 12.1 Å². The van der Waals surface area contributed by atoms with Crippen molar-refractivity contribution in [2.24, 2.45) is 11.8 Å². The van der Waals surface area contributed by atoms with Crippen LogP contribution in [0.15, 0.2) is 0 Å². The van der Waals surface area contributed by atoms with E-state index in [2.05, 4.69) is 13.8 Å². The lowest BCUT2D eigenvalue weighted by atomic mass is 9.90. The van der Waals surface area contributed by atoms with Crippen molar-refractivity contribution in [1.82, 2.24) is 4.90 Å².